The number of methoxy groups -OCH3 is 2. The first kappa shape index (κ1) is 21.8. The van der Waals surface area contributed by atoms with E-state index in [4.69, 9.17) is 28.4 Å². The Balaban J connectivity index is 1.58. The summed E-state index contributed by atoms with van der Waals surface area (Å²) in [6.45, 7) is 0.380. The van der Waals surface area contributed by atoms with Crippen LogP contribution in [0.3, 0.4) is 0 Å². The van der Waals surface area contributed by atoms with Gasteiger partial charge in [0.05, 0.1) is 20.1 Å². The molecule has 4 rings (SSSR count). The molecule has 0 saturated heterocycles. The molecule has 0 amide bonds. The topological polar surface area (TPSA) is 89.5 Å². The Hall–Kier alpha value is -3.42. The van der Waals surface area contributed by atoms with Crippen molar-refractivity contribution in [3.8, 4) is 23.0 Å². The van der Waals surface area contributed by atoms with E-state index in [1.165, 1.54) is 14.2 Å². The number of carbonyl (C=O) groups is 2. The number of hydrogen-bond donors (Lipinski definition) is 0. The molecule has 0 aromatic heterocycles. The van der Waals surface area contributed by atoms with Crippen LogP contribution in [-0.2, 0) is 31.9 Å². The second kappa shape index (κ2) is 9.80. The van der Waals surface area contributed by atoms with E-state index in [9.17, 15) is 9.59 Å². The first-order valence-electron chi connectivity index (χ1n) is 10.5. The minimum atomic E-state index is -0.463. The number of benzene rings is 2. The average molecular weight is 442 g/mol. The van der Waals surface area contributed by atoms with Crippen molar-refractivity contribution in [2.24, 2.45) is 11.8 Å². The number of esters is 2. The van der Waals surface area contributed by atoms with Gasteiger partial charge in [0, 0.05) is 6.42 Å². The summed E-state index contributed by atoms with van der Waals surface area (Å²) >= 11 is 0. The number of carbonyl (C=O) groups excluding carboxylic acids is 2. The van der Waals surface area contributed by atoms with Gasteiger partial charge in [-0.1, -0.05) is 12.1 Å². The maximum Gasteiger partial charge on any atom is 0.309 e. The fourth-order valence-electron chi connectivity index (χ4n) is 4.14. The molecule has 8 nitrogen and oxygen atoms in total. The van der Waals surface area contributed by atoms with Gasteiger partial charge in [0.25, 0.3) is 0 Å². The fraction of sp³-hybridized carbons (Fsp3) is 0.417. The Morgan fingerprint density at radius 3 is 1.94 bits per heavy atom. The van der Waals surface area contributed by atoms with Gasteiger partial charge in [0.15, 0.2) is 23.0 Å². The quantitative estimate of drug-likeness (QED) is 0.547. The summed E-state index contributed by atoms with van der Waals surface area (Å²) in [5, 5.41) is 0. The molecule has 2 aliphatic heterocycles. The second-order valence-corrected chi connectivity index (χ2v) is 7.79. The SMILES string of the molecule is COC(=O)CC[C@@H](Cc1ccc2c(c1)OCO2)[C@H](Cc1ccc2c(c1)OCO2)C(=O)OC. The van der Waals surface area contributed by atoms with E-state index in [-0.39, 0.29) is 37.9 Å². The Morgan fingerprint density at radius 1 is 0.812 bits per heavy atom. The standard InChI is InChI=1S/C24H26O8/c1-27-23(25)8-5-17(9-15-3-6-19-21(11-15)31-13-29-19)18(24(26)28-2)10-16-4-7-20-22(12-16)32-14-30-20/h3-4,6-7,11-12,17-18H,5,8-10,13-14H2,1-2H3/t17-,18-/m0/s1. The third-order valence-corrected chi connectivity index (χ3v) is 5.85. The Bertz CT molecular complexity index is 986. The van der Waals surface area contributed by atoms with Gasteiger partial charge in [-0.15, -0.1) is 0 Å². The van der Waals surface area contributed by atoms with Gasteiger partial charge in [0.2, 0.25) is 13.6 Å². The van der Waals surface area contributed by atoms with Crippen molar-refractivity contribution in [2.75, 3.05) is 27.8 Å². The van der Waals surface area contributed by atoms with Crippen molar-refractivity contribution in [3.63, 3.8) is 0 Å². The molecule has 0 N–H and O–H groups in total. The van der Waals surface area contributed by atoms with Gasteiger partial charge >= 0.3 is 11.9 Å². The molecule has 2 heterocycles. The summed E-state index contributed by atoms with van der Waals surface area (Å²) in [4.78, 5) is 24.7. The van der Waals surface area contributed by atoms with Crippen molar-refractivity contribution in [2.45, 2.75) is 25.7 Å². The zero-order chi connectivity index (χ0) is 22.5. The molecular formula is C24H26O8. The van der Waals surface area contributed by atoms with E-state index >= 15 is 0 Å². The van der Waals surface area contributed by atoms with E-state index in [1.807, 2.05) is 36.4 Å². The summed E-state index contributed by atoms with van der Waals surface area (Å²) in [5.41, 5.74) is 1.92. The molecule has 32 heavy (non-hydrogen) atoms. The lowest BCUT2D eigenvalue weighted by Gasteiger charge is -2.25. The largest absolute Gasteiger partial charge is 0.469 e. The van der Waals surface area contributed by atoms with Gasteiger partial charge in [-0.05, 0) is 60.6 Å². The minimum absolute atomic E-state index is 0.160. The van der Waals surface area contributed by atoms with Crippen LogP contribution in [0.1, 0.15) is 24.0 Å². The number of rotatable bonds is 9. The normalized spacial score (nSPS) is 15.2. The monoisotopic (exact) mass is 442 g/mol. The van der Waals surface area contributed by atoms with E-state index in [0.717, 1.165) is 11.1 Å². The summed E-state index contributed by atoms with van der Waals surface area (Å²) in [7, 11) is 2.74. The van der Waals surface area contributed by atoms with Gasteiger partial charge in [-0.3, -0.25) is 9.59 Å². The number of ether oxygens (including phenoxy) is 6. The lowest BCUT2D eigenvalue weighted by atomic mass is 9.80. The zero-order valence-electron chi connectivity index (χ0n) is 18.1. The molecule has 0 spiro atoms. The van der Waals surface area contributed by atoms with Crippen molar-refractivity contribution in [3.05, 3.63) is 47.5 Å². The van der Waals surface area contributed by atoms with Crippen LogP contribution in [0.2, 0.25) is 0 Å². The van der Waals surface area contributed by atoms with Crippen LogP contribution in [0, 0.1) is 11.8 Å². The van der Waals surface area contributed by atoms with E-state index in [0.29, 0.717) is 42.3 Å². The molecule has 0 saturated carbocycles. The van der Waals surface area contributed by atoms with Crippen LogP contribution in [0.5, 0.6) is 23.0 Å². The molecule has 0 fully saturated rings. The molecule has 8 heteroatoms. The van der Waals surface area contributed by atoms with E-state index in [1.54, 1.807) is 0 Å². The lowest BCUT2D eigenvalue weighted by Crippen LogP contribution is -2.29. The average Bonchev–Trinajstić information content (AvgIpc) is 3.48. The minimum Gasteiger partial charge on any atom is -0.469 e. The molecule has 170 valence electrons. The molecule has 0 radical (unpaired) electrons. The predicted octanol–water partition coefficient (Wildman–Crippen LogP) is 3.29. The summed E-state index contributed by atoms with van der Waals surface area (Å²) in [5.74, 6) is 1.47. The number of fused-ring (bicyclic) bond motifs is 2. The highest BCUT2D eigenvalue weighted by Crippen LogP contribution is 2.37. The smallest absolute Gasteiger partial charge is 0.309 e. The second-order valence-electron chi connectivity index (χ2n) is 7.79. The van der Waals surface area contributed by atoms with Crippen LogP contribution < -0.4 is 18.9 Å². The summed E-state index contributed by atoms with van der Waals surface area (Å²) in [6.07, 6.45) is 1.70. The summed E-state index contributed by atoms with van der Waals surface area (Å²) < 4.78 is 31.7. The highest BCUT2D eigenvalue weighted by Gasteiger charge is 2.31. The van der Waals surface area contributed by atoms with Crippen molar-refractivity contribution in [1.29, 1.82) is 0 Å². The fourth-order valence-corrected chi connectivity index (χ4v) is 4.14. The van der Waals surface area contributed by atoms with Gasteiger partial charge in [0.1, 0.15) is 0 Å². The maximum absolute atomic E-state index is 12.8. The van der Waals surface area contributed by atoms with Crippen LogP contribution >= 0.6 is 0 Å². The molecule has 2 aliphatic rings. The first-order chi connectivity index (χ1) is 15.6. The lowest BCUT2D eigenvalue weighted by molar-refractivity contribution is -0.148. The van der Waals surface area contributed by atoms with E-state index < -0.39 is 5.92 Å². The van der Waals surface area contributed by atoms with Crippen LogP contribution in [-0.4, -0.2) is 39.7 Å². The van der Waals surface area contributed by atoms with Gasteiger partial charge in [-0.25, -0.2) is 0 Å². The Kier molecular flexibility index (Phi) is 6.68. The van der Waals surface area contributed by atoms with Crippen molar-refractivity contribution >= 4 is 11.9 Å². The Morgan fingerprint density at radius 2 is 1.38 bits per heavy atom. The third kappa shape index (κ3) is 4.90. The summed E-state index contributed by atoms with van der Waals surface area (Å²) in [6, 6.07) is 11.4. The Labute approximate surface area is 186 Å². The van der Waals surface area contributed by atoms with Gasteiger partial charge in [-0.2, -0.15) is 0 Å². The van der Waals surface area contributed by atoms with Crippen LogP contribution in [0.15, 0.2) is 36.4 Å². The zero-order valence-corrected chi connectivity index (χ0v) is 18.1. The molecule has 2 aromatic rings. The molecule has 0 bridgehead atoms. The highest BCUT2D eigenvalue weighted by atomic mass is 16.7. The third-order valence-electron chi connectivity index (χ3n) is 5.85. The molecule has 0 aliphatic carbocycles. The maximum atomic E-state index is 12.8. The molecule has 2 aromatic carbocycles. The van der Waals surface area contributed by atoms with E-state index in [2.05, 4.69) is 0 Å². The van der Waals surface area contributed by atoms with Gasteiger partial charge < -0.3 is 28.4 Å². The van der Waals surface area contributed by atoms with Crippen LogP contribution in [0.25, 0.3) is 0 Å². The van der Waals surface area contributed by atoms with Crippen molar-refractivity contribution in [1.82, 2.24) is 0 Å². The molecule has 2 atom stereocenters. The highest BCUT2D eigenvalue weighted by molar-refractivity contribution is 5.73. The molecular weight excluding hydrogens is 416 g/mol. The van der Waals surface area contributed by atoms with Crippen LogP contribution in [0.4, 0.5) is 0 Å². The van der Waals surface area contributed by atoms with Crippen molar-refractivity contribution < 1.29 is 38.0 Å². The predicted molar refractivity (Wildman–Crippen MR) is 113 cm³/mol. The first-order valence-corrected chi connectivity index (χ1v) is 10.5. The number of hydrogen-bond acceptors (Lipinski definition) is 8. The molecule has 0 unspecified atom stereocenters.